The van der Waals surface area contributed by atoms with Crippen molar-refractivity contribution in [1.29, 1.82) is 0 Å². The summed E-state index contributed by atoms with van der Waals surface area (Å²) in [5.41, 5.74) is 0.595. The van der Waals surface area contributed by atoms with Crippen LogP contribution in [0.2, 0.25) is 0 Å². The molecular weight excluding hydrogens is 460 g/mol. The van der Waals surface area contributed by atoms with E-state index < -0.39 is 11.0 Å². The first-order valence-corrected chi connectivity index (χ1v) is 13.8. The molecule has 5 nitrogen and oxygen atoms in total. The van der Waals surface area contributed by atoms with Gasteiger partial charge in [0.1, 0.15) is 17.9 Å². The number of nitrogens with zero attached hydrogens (tertiary/aromatic N) is 1. The van der Waals surface area contributed by atoms with Gasteiger partial charge < -0.3 is 19.6 Å². The number of piperidine rings is 1. The van der Waals surface area contributed by atoms with Crippen LogP contribution >= 0.6 is 0 Å². The number of methoxy groups -OCH3 is 1. The van der Waals surface area contributed by atoms with Gasteiger partial charge in [-0.05, 0) is 72.7 Å². The number of aliphatic hydroxyl groups is 1. The normalized spacial score (nSPS) is 31.5. The number of ether oxygens (including phenoxy) is 1. The molecule has 4 atom stereocenters. The second kappa shape index (κ2) is 9.14. The Morgan fingerprint density at radius 3 is 2.62 bits per heavy atom. The minimum atomic E-state index is -0.814. The highest BCUT2D eigenvalue weighted by molar-refractivity contribution is 5.98. The molecule has 37 heavy (non-hydrogen) atoms. The summed E-state index contributed by atoms with van der Waals surface area (Å²) in [6.07, 6.45) is 5.77. The van der Waals surface area contributed by atoms with E-state index in [4.69, 9.17) is 4.74 Å². The molecular formula is C32H39N2O3+. The molecule has 2 aliphatic carbocycles. The van der Waals surface area contributed by atoms with Crippen LogP contribution in [0.1, 0.15) is 54.4 Å². The SMILES string of the molecule is COc1cccc([C@@]23CC[N@+](C)(CC4CC4)CC2(O)CC[C@H](NC(=O)c2ccc4ccccc4c2)C3)c1. The molecule has 3 aromatic rings. The van der Waals surface area contributed by atoms with Crippen molar-refractivity contribution in [3.63, 3.8) is 0 Å². The number of amides is 1. The van der Waals surface area contributed by atoms with Gasteiger partial charge in [0.15, 0.2) is 0 Å². The van der Waals surface area contributed by atoms with Crippen molar-refractivity contribution in [1.82, 2.24) is 5.32 Å². The number of carbonyl (C=O) groups excluding carboxylic acids is 1. The predicted molar refractivity (Wildman–Crippen MR) is 147 cm³/mol. The van der Waals surface area contributed by atoms with Gasteiger partial charge in [-0.25, -0.2) is 0 Å². The topological polar surface area (TPSA) is 58.6 Å². The highest BCUT2D eigenvalue weighted by Crippen LogP contribution is 2.53. The van der Waals surface area contributed by atoms with Gasteiger partial charge >= 0.3 is 0 Å². The maximum Gasteiger partial charge on any atom is 0.251 e. The van der Waals surface area contributed by atoms with Gasteiger partial charge in [0.2, 0.25) is 0 Å². The number of nitrogens with one attached hydrogen (secondary N) is 1. The van der Waals surface area contributed by atoms with Gasteiger partial charge in [0, 0.05) is 29.4 Å². The Balaban J connectivity index is 1.29. The highest BCUT2D eigenvalue weighted by atomic mass is 16.5. The van der Waals surface area contributed by atoms with E-state index >= 15 is 0 Å². The number of fused-ring (bicyclic) bond motifs is 2. The molecule has 6 rings (SSSR count). The maximum absolute atomic E-state index is 13.4. The summed E-state index contributed by atoms with van der Waals surface area (Å²) in [6.45, 7) is 2.98. The van der Waals surface area contributed by atoms with Crippen LogP contribution in [-0.4, -0.2) is 60.9 Å². The van der Waals surface area contributed by atoms with E-state index in [0.717, 1.165) is 64.8 Å². The molecule has 0 aromatic heterocycles. The minimum Gasteiger partial charge on any atom is -0.497 e. The average molecular weight is 500 g/mol. The monoisotopic (exact) mass is 499 g/mol. The van der Waals surface area contributed by atoms with Gasteiger partial charge in [-0.2, -0.15) is 0 Å². The lowest BCUT2D eigenvalue weighted by molar-refractivity contribution is -0.925. The first-order chi connectivity index (χ1) is 17.8. The number of rotatable bonds is 6. The van der Waals surface area contributed by atoms with Crippen molar-refractivity contribution >= 4 is 16.7 Å². The van der Waals surface area contributed by atoms with Crippen LogP contribution in [0.3, 0.4) is 0 Å². The Hall–Kier alpha value is -2.89. The smallest absolute Gasteiger partial charge is 0.251 e. The van der Waals surface area contributed by atoms with Crippen molar-refractivity contribution in [3.8, 4) is 5.75 Å². The van der Waals surface area contributed by atoms with E-state index in [2.05, 4.69) is 30.6 Å². The Labute approximate surface area is 220 Å². The van der Waals surface area contributed by atoms with Crippen molar-refractivity contribution in [2.75, 3.05) is 33.8 Å². The lowest BCUT2D eigenvalue weighted by atomic mass is 9.55. The number of quaternary nitrogens is 1. The zero-order valence-electron chi connectivity index (χ0n) is 22.1. The third kappa shape index (κ3) is 4.53. The molecule has 3 aromatic carbocycles. The molecule has 0 spiro atoms. The summed E-state index contributed by atoms with van der Waals surface area (Å²) < 4.78 is 6.53. The summed E-state index contributed by atoms with van der Waals surface area (Å²) >= 11 is 0. The van der Waals surface area contributed by atoms with E-state index in [0.29, 0.717) is 12.0 Å². The van der Waals surface area contributed by atoms with Crippen LogP contribution < -0.4 is 10.1 Å². The molecule has 1 amide bonds. The third-order valence-electron chi connectivity index (χ3n) is 9.48. The lowest BCUT2D eigenvalue weighted by Gasteiger charge is -2.59. The first kappa shape index (κ1) is 24.4. The van der Waals surface area contributed by atoms with Crippen LogP contribution in [-0.2, 0) is 5.41 Å². The van der Waals surface area contributed by atoms with Crippen molar-refractivity contribution in [2.24, 2.45) is 5.92 Å². The van der Waals surface area contributed by atoms with E-state index in [1.165, 1.54) is 19.4 Å². The maximum atomic E-state index is 13.4. The quantitative estimate of drug-likeness (QED) is 0.466. The molecule has 1 unspecified atom stereocenters. The predicted octanol–water partition coefficient (Wildman–Crippen LogP) is 5.06. The number of likely N-dealkylation sites (tertiary alicyclic amines) is 1. The van der Waals surface area contributed by atoms with Gasteiger partial charge in [0.05, 0.1) is 27.2 Å². The van der Waals surface area contributed by atoms with Crippen molar-refractivity contribution in [3.05, 3.63) is 77.9 Å². The molecule has 2 saturated carbocycles. The number of benzene rings is 3. The Morgan fingerprint density at radius 1 is 1.03 bits per heavy atom. The molecule has 0 bridgehead atoms. The molecule has 1 aliphatic heterocycles. The molecule has 1 heterocycles. The van der Waals surface area contributed by atoms with Crippen molar-refractivity contribution in [2.45, 2.75) is 55.6 Å². The summed E-state index contributed by atoms with van der Waals surface area (Å²) in [6, 6.07) is 22.3. The standard InChI is InChI=1S/C32H38N2O3/c1-34(21-23-10-11-23)17-16-31(27-8-5-9-29(19-27)37-2)20-28(14-15-32(31,36)22-34)33-30(35)26-13-12-24-6-3-4-7-25(24)18-26/h3-9,12-13,18-19,23,28,36H,10-11,14-17,20-22H2,1-2H3/p+1/t28-,31-,32?,34+/m0/s1. The van der Waals surface area contributed by atoms with E-state index in [-0.39, 0.29) is 11.9 Å². The summed E-state index contributed by atoms with van der Waals surface area (Å²) in [5, 5.41) is 18.0. The second-order valence-corrected chi connectivity index (χ2v) is 12.2. The third-order valence-corrected chi connectivity index (χ3v) is 9.48. The van der Waals surface area contributed by atoms with Crippen LogP contribution in [0.5, 0.6) is 5.75 Å². The molecule has 5 heteroatoms. The molecule has 0 radical (unpaired) electrons. The van der Waals surface area contributed by atoms with Crippen molar-refractivity contribution < 1.29 is 19.1 Å². The number of carbonyl (C=O) groups is 1. The van der Waals surface area contributed by atoms with Crippen LogP contribution in [0, 0.1) is 5.92 Å². The fourth-order valence-electron chi connectivity index (χ4n) is 7.36. The van der Waals surface area contributed by atoms with E-state index in [1.54, 1.807) is 7.11 Å². The van der Waals surface area contributed by atoms with Gasteiger partial charge in [0.25, 0.3) is 5.91 Å². The average Bonchev–Trinajstić information content (AvgIpc) is 3.72. The highest BCUT2D eigenvalue weighted by Gasteiger charge is 2.62. The minimum absolute atomic E-state index is 0.00531. The Kier molecular flexibility index (Phi) is 6.04. The van der Waals surface area contributed by atoms with Crippen LogP contribution in [0.25, 0.3) is 10.8 Å². The van der Waals surface area contributed by atoms with Crippen LogP contribution in [0.15, 0.2) is 66.7 Å². The van der Waals surface area contributed by atoms with Gasteiger partial charge in [-0.15, -0.1) is 0 Å². The van der Waals surface area contributed by atoms with Crippen LogP contribution in [0.4, 0.5) is 0 Å². The summed E-state index contributed by atoms with van der Waals surface area (Å²) in [4.78, 5) is 13.4. The molecule has 3 aliphatic rings. The Bertz CT molecular complexity index is 1320. The fourth-order valence-corrected chi connectivity index (χ4v) is 7.36. The van der Waals surface area contributed by atoms with E-state index in [1.807, 2.05) is 48.5 Å². The Morgan fingerprint density at radius 2 is 1.84 bits per heavy atom. The molecule has 3 fully saturated rings. The number of likely N-dealkylation sites (N-methyl/N-ethyl adjacent to an activating group) is 1. The zero-order valence-corrected chi connectivity index (χ0v) is 22.1. The molecule has 194 valence electrons. The number of hydrogen-bond acceptors (Lipinski definition) is 3. The lowest BCUT2D eigenvalue weighted by Crippen LogP contribution is -2.71. The first-order valence-electron chi connectivity index (χ1n) is 13.8. The van der Waals surface area contributed by atoms with E-state index in [9.17, 15) is 9.90 Å². The summed E-state index contributed by atoms with van der Waals surface area (Å²) in [5.74, 6) is 1.60. The fraction of sp³-hybridized carbons (Fsp3) is 0.469. The molecule has 2 N–H and O–H groups in total. The number of hydrogen-bond donors (Lipinski definition) is 2. The largest absolute Gasteiger partial charge is 0.497 e. The zero-order chi connectivity index (χ0) is 25.7. The van der Waals surface area contributed by atoms with Gasteiger partial charge in [-0.3, -0.25) is 4.79 Å². The second-order valence-electron chi connectivity index (χ2n) is 12.2. The summed E-state index contributed by atoms with van der Waals surface area (Å²) in [7, 11) is 4.03. The molecule has 1 saturated heterocycles. The van der Waals surface area contributed by atoms with Gasteiger partial charge in [-0.1, -0.05) is 42.5 Å².